The molecular formula is C19H17N3O7. The highest BCUT2D eigenvalue weighted by Gasteiger charge is 2.39. The topological polar surface area (TPSA) is 153 Å². The number of H-pyrrole nitrogens is 1. The minimum atomic E-state index is -1.43. The van der Waals surface area contributed by atoms with Gasteiger partial charge in [-0.1, -0.05) is 0 Å². The van der Waals surface area contributed by atoms with E-state index in [-0.39, 0.29) is 29.9 Å². The Labute approximate surface area is 164 Å². The second-order valence-electron chi connectivity index (χ2n) is 6.32. The normalized spacial score (nSPS) is 16.8. The lowest BCUT2D eigenvalue weighted by Crippen LogP contribution is -2.27. The van der Waals surface area contributed by atoms with E-state index in [1.54, 1.807) is 24.3 Å². The molecule has 1 aliphatic rings. The summed E-state index contributed by atoms with van der Waals surface area (Å²) >= 11 is 0. The Morgan fingerprint density at radius 1 is 1.41 bits per heavy atom. The van der Waals surface area contributed by atoms with Gasteiger partial charge in [-0.2, -0.15) is 5.26 Å². The van der Waals surface area contributed by atoms with Crippen LogP contribution in [-0.4, -0.2) is 53.0 Å². The number of aromatic amines is 1. The van der Waals surface area contributed by atoms with E-state index in [0.717, 1.165) is 0 Å². The van der Waals surface area contributed by atoms with E-state index < -0.39 is 30.2 Å². The van der Waals surface area contributed by atoms with Crippen LogP contribution in [0.4, 0.5) is 10.5 Å². The first-order chi connectivity index (χ1) is 13.8. The summed E-state index contributed by atoms with van der Waals surface area (Å²) in [5, 5.41) is 28.9. The maximum atomic E-state index is 12.2. The molecule has 2 atom stereocenters. The van der Waals surface area contributed by atoms with Crippen molar-refractivity contribution in [2.75, 3.05) is 18.6 Å². The third-order valence-corrected chi connectivity index (χ3v) is 4.49. The third-order valence-electron chi connectivity index (χ3n) is 4.49. The number of anilines is 1. The lowest BCUT2D eigenvalue weighted by Gasteiger charge is -2.16. The molecule has 0 bridgehead atoms. The molecule has 1 aromatic carbocycles. The molecule has 2 aromatic rings. The zero-order chi connectivity index (χ0) is 21.1. The van der Waals surface area contributed by atoms with E-state index >= 15 is 0 Å². The number of carboxylic acid groups (broad SMARTS) is 1. The summed E-state index contributed by atoms with van der Waals surface area (Å²) < 4.78 is 9.77. The summed E-state index contributed by atoms with van der Waals surface area (Å²) in [6, 6.07) is 9.54. The van der Waals surface area contributed by atoms with Crippen LogP contribution in [-0.2, 0) is 20.7 Å². The zero-order valence-corrected chi connectivity index (χ0v) is 15.3. The number of hydrogen-bond acceptors (Lipinski definition) is 7. The van der Waals surface area contributed by atoms with Crippen molar-refractivity contribution in [2.24, 2.45) is 0 Å². The Hall–Kier alpha value is -3.84. The Bertz CT molecular complexity index is 990. The highest BCUT2D eigenvalue weighted by atomic mass is 16.6. The molecule has 3 rings (SSSR count). The number of nitriles is 1. The van der Waals surface area contributed by atoms with Crippen LogP contribution in [0.15, 0.2) is 30.3 Å². The zero-order valence-electron chi connectivity index (χ0n) is 15.3. The van der Waals surface area contributed by atoms with E-state index in [0.29, 0.717) is 11.3 Å². The number of aromatic carboxylic acids is 1. The number of carboxylic acids is 1. The number of aliphatic hydroxyl groups excluding tert-OH is 1. The highest BCUT2D eigenvalue weighted by Crippen LogP contribution is 2.31. The van der Waals surface area contributed by atoms with Gasteiger partial charge in [0.1, 0.15) is 11.8 Å². The molecule has 1 saturated heterocycles. The van der Waals surface area contributed by atoms with Gasteiger partial charge >= 0.3 is 18.0 Å². The molecule has 10 nitrogen and oxygen atoms in total. The monoisotopic (exact) mass is 399 g/mol. The fourth-order valence-electron chi connectivity index (χ4n) is 3.04. The second-order valence-corrected chi connectivity index (χ2v) is 6.32. The standard InChI is InChI=1S/C19H17N3O7/c1-28-15(23)7-11-6-13(16(21-11)18(25)26)17(24)14-9-22(19(27)29-14)12-4-2-10(8-20)3-5-12/h2-6,14,17,21,24H,7,9H2,1H3,(H,25,26). The van der Waals surface area contributed by atoms with Crippen molar-refractivity contribution in [2.45, 2.75) is 18.6 Å². The van der Waals surface area contributed by atoms with Gasteiger partial charge in [0.2, 0.25) is 0 Å². The van der Waals surface area contributed by atoms with Gasteiger partial charge in [-0.25, -0.2) is 9.59 Å². The molecule has 2 unspecified atom stereocenters. The summed E-state index contributed by atoms with van der Waals surface area (Å²) in [5.74, 6) is -1.91. The number of hydrogen-bond donors (Lipinski definition) is 3. The number of methoxy groups -OCH3 is 1. The minimum absolute atomic E-state index is 0.00381. The predicted molar refractivity (Wildman–Crippen MR) is 97.2 cm³/mol. The Morgan fingerprint density at radius 3 is 2.69 bits per heavy atom. The average molecular weight is 399 g/mol. The third kappa shape index (κ3) is 4.04. The van der Waals surface area contributed by atoms with Crippen LogP contribution >= 0.6 is 0 Å². The van der Waals surface area contributed by atoms with Crippen LogP contribution in [0.5, 0.6) is 0 Å². The molecule has 29 heavy (non-hydrogen) atoms. The van der Waals surface area contributed by atoms with Crippen molar-refractivity contribution >= 4 is 23.7 Å². The number of benzene rings is 1. The summed E-state index contributed by atoms with van der Waals surface area (Å²) in [5.41, 5.74) is 0.841. The number of esters is 1. The predicted octanol–water partition coefficient (Wildman–Crippen LogP) is 1.36. The van der Waals surface area contributed by atoms with Gasteiger partial charge in [0, 0.05) is 16.9 Å². The van der Waals surface area contributed by atoms with Crippen molar-refractivity contribution in [3.63, 3.8) is 0 Å². The van der Waals surface area contributed by atoms with Crippen LogP contribution in [0.2, 0.25) is 0 Å². The van der Waals surface area contributed by atoms with Gasteiger partial charge in [0.05, 0.1) is 31.7 Å². The van der Waals surface area contributed by atoms with Crippen molar-refractivity contribution in [3.8, 4) is 6.07 Å². The minimum Gasteiger partial charge on any atom is -0.477 e. The maximum absolute atomic E-state index is 12.2. The molecule has 0 aliphatic carbocycles. The second kappa shape index (κ2) is 8.04. The first-order valence-electron chi connectivity index (χ1n) is 8.52. The van der Waals surface area contributed by atoms with Crippen molar-refractivity contribution in [1.29, 1.82) is 5.26 Å². The summed E-state index contributed by atoms with van der Waals surface area (Å²) in [4.78, 5) is 39.0. The lowest BCUT2D eigenvalue weighted by molar-refractivity contribution is -0.139. The molecule has 0 saturated carbocycles. The summed E-state index contributed by atoms with van der Waals surface area (Å²) in [6.45, 7) is -0.0253. The first kappa shape index (κ1) is 19.9. The fourth-order valence-corrected chi connectivity index (χ4v) is 3.04. The first-order valence-corrected chi connectivity index (χ1v) is 8.52. The molecule has 1 fully saturated rings. The molecule has 150 valence electrons. The number of ether oxygens (including phenoxy) is 2. The number of nitrogens with zero attached hydrogens (tertiary/aromatic N) is 2. The SMILES string of the molecule is COC(=O)Cc1cc(C(O)C2CN(c3ccc(C#N)cc3)C(=O)O2)c(C(=O)O)[nH]1. The van der Waals surface area contributed by atoms with E-state index in [1.807, 2.05) is 6.07 Å². The molecule has 1 aliphatic heterocycles. The van der Waals surface area contributed by atoms with E-state index in [2.05, 4.69) is 9.72 Å². The molecule has 1 aromatic heterocycles. The van der Waals surface area contributed by atoms with Crippen LogP contribution < -0.4 is 4.90 Å². The van der Waals surface area contributed by atoms with Crippen LogP contribution in [0, 0.1) is 11.3 Å². The molecule has 2 heterocycles. The van der Waals surface area contributed by atoms with Crippen molar-refractivity contribution in [1.82, 2.24) is 4.98 Å². The van der Waals surface area contributed by atoms with Crippen molar-refractivity contribution in [3.05, 3.63) is 52.8 Å². The smallest absolute Gasteiger partial charge is 0.414 e. The fraction of sp³-hybridized carbons (Fsp3) is 0.263. The molecule has 0 spiro atoms. The molecule has 10 heteroatoms. The van der Waals surface area contributed by atoms with Gasteiger partial charge in [-0.05, 0) is 30.3 Å². The Kier molecular flexibility index (Phi) is 5.52. The summed E-state index contributed by atoms with van der Waals surface area (Å²) in [6.07, 6.45) is -3.37. The number of rotatable bonds is 6. The van der Waals surface area contributed by atoms with Gasteiger partial charge in [0.25, 0.3) is 0 Å². The van der Waals surface area contributed by atoms with Gasteiger partial charge < -0.3 is 24.7 Å². The number of nitrogens with one attached hydrogen (secondary N) is 1. The number of aliphatic hydroxyl groups is 1. The number of amides is 1. The highest BCUT2D eigenvalue weighted by molar-refractivity contribution is 5.90. The average Bonchev–Trinajstić information content (AvgIpc) is 3.31. The number of cyclic esters (lactones) is 1. The van der Waals surface area contributed by atoms with Crippen LogP contribution in [0.25, 0.3) is 0 Å². The number of carbonyl (C=O) groups is 3. The molecular weight excluding hydrogens is 382 g/mol. The number of carbonyl (C=O) groups excluding carboxylic acids is 2. The van der Waals surface area contributed by atoms with E-state index in [1.165, 1.54) is 18.1 Å². The molecule has 0 radical (unpaired) electrons. The Balaban J connectivity index is 1.82. The maximum Gasteiger partial charge on any atom is 0.414 e. The van der Waals surface area contributed by atoms with Crippen LogP contribution in [0.1, 0.15) is 33.4 Å². The van der Waals surface area contributed by atoms with Crippen LogP contribution in [0.3, 0.4) is 0 Å². The van der Waals surface area contributed by atoms with Gasteiger partial charge in [-0.3, -0.25) is 9.69 Å². The van der Waals surface area contributed by atoms with E-state index in [9.17, 15) is 24.6 Å². The van der Waals surface area contributed by atoms with Crippen molar-refractivity contribution < 1.29 is 34.1 Å². The molecule has 3 N–H and O–H groups in total. The number of aromatic nitrogens is 1. The lowest BCUT2D eigenvalue weighted by atomic mass is 10.0. The van der Waals surface area contributed by atoms with Gasteiger partial charge in [-0.15, -0.1) is 0 Å². The van der Waals surface area contributed by atoms with E-state index in [4.69, 9.17) is 10.00 Å². The summed E-state index contributed by atoms with van der Waals surface area (Å²) in [7, 11) is 1.20. The largest absolute Gasteiger partial charge is 0.477 e. The van der Waals surface area contributed by atoms with Gasteiger partial charge in [0.15, 0.2) is 6.10 Å². The quantitative estimate of drug-likeness (QED) is 0.616. The Morgan fingerprint density at radius 2 is 2.10 bits per heavy atom. The molecule has 1 amide bonds.